The fraction of sp³-hybridized carbons (Fsp3) is 0.0714. The summed E-state index contributed by atoms with van der Waals surface area (Å²) in [5.74, 6) is -0.925. The summed E-state index contributed by atoms with van der Waals surface area (Å²) in [4.78, 5) is 12.0. The van der Waals surface area contributed by atoms with Crippen LogP contribution < -0.4 is 11.1 Å². The van der Waals surface area contributed by atoms with Crippen molar-refractivity contribution in [3.05, 3.63) is 58.4 Å². The summed E-state index contributed by atoms with van der Waals surface area (Å²) in [5.41, 5.74) is 7.04. The van der Waals surface area contributed by atoms with Gasteiger partial charge in [0.25, 0.3) is 5.91 Å². The van der Waals surface area contributed by atoms with E-state index in [0.717, 1.165) is 5.56 Å². The molecule has 2 aromatic carbocycles. The quantitative estimate of drug-likeness (QED) is 0.824. The van der Waals surface area contributed by atoms with Crippen LogP contribution in [0.25, 0.3) is 0 Å². The number of nitrogen functional groups attached to an aromatic ring is 1. The number of amides is 1. The summed E-state index contributed by atoms with van der Waals surface area (Å²) in [6, 6.07) is 9.08. The lowest BCUT2D eigenvalue weighted by Crippen LogP contribution is -2.12. The molecule has 0 aliphatic carbocycles. The van der Waals surface area contributed by atoms with E-state index in [1.165, 1.54) is 18.2 Å². The van der Waals surface area contributed by atoms with Gasteiger partial charge in [0.05, 0.1) is 5.69 Å². The molecule has 2 rings (SSSR count). The molecule has 0 aromatic heterocycles. The van der Waals surface area contributed by atoms with Crippen molar-refractivity contribution in [1.82, 2.24) is 0 Å². The van der Waals surface area contributed by atoms with Gasteiger partial charge in [0.1, 0.15) is 5.82 Å². The number of nitrogens with one attached hydrogen (secondary N) is 1. The first kappa shape index (κ1) is 13.4. The van der Waals surface area contributed by atoms with Crippen molar-refractivity contribution in [3.8, 4) is 0 Å². The first-order valence-electron chi connectivity index (χ1n) is 5.60. The van der Waals surface area contributed by atoms with Crippen molar-refractivity contribution in [1.29, 1.82) is 0 Å². The number of nitrogens with two attached hydrogens (primary N) is 1. The Kier molecular flexibility index (Phi) is 3.71. The Morgan fingerprint density at radius 2 is 2.00 bits per heavy atom. The molecule has 0 aliphatic heterocycles. The summed E-state index contributed by atoms with van der Waals surface area (Å²) >= 11 is 5.95. The summed E-state index contributed by atoms with van der Waals surface area (Å²) in [6.45, 7) is 1.85. The van der Waals surface area contributed by atoms with Gasteiger partial charge in [-0.05, 0) is 42.8 Å². The minimum Gasteiger partial charge on any atom is -0.396 e. The number of hydrogen-bond acceptors (Lipinski definition) is 2. The number of aryl methyl sites for hydroxylation is 1. The third-order valence-corrected chi connectivity index (χ3v) is 3.10. The molecule has 3 N–H and O–H groups in total. The highest BCUT2D eigenvalue weighted by atomic mass is 35.5. The van der Waals surface area contributed by atoms with E-state index in [1.807, 2.05) is 6.92 Å². The molecular weight excluding hydrogens is 267 g/mol. The van der Waals surface area contributed by atoms with Crippen molar-refractivity contribution in [2.24, 2.45) is 0 Å². The molecule has 0 saturated carbocycles. The van der Waals surface area contributed by atoms with Crippen molar-refractivity contribution in [2.75, 3.05) is 11.1 Å². The van der Waals surface area contributed by atoms with Crippen LogP contribution in [-0.2, 0) is 0 Å². The van der Waals surface area contributed by atoms with E-state index in [9.17, 15) is 9.18 Å². The number of benzene rings is 2. The van der Waals surface area contributed by atoms with Crippen LogP contribution in [-0.4, -0.2) is 5.91 Å². The molecule has 0 heterocycles. The number of anilines is 2. The Morgan fingerprint density at radius 1 is 1.26 bits per heavy atom. The molecule has 0 aliphatic rings. The van der Waals surface area contributed by atoms with Crippen LogP contribution in [0.15, 0.2) is 36.4 Å². The van der Waals surface area contributed by atoms with Crippen molar-refractivity contribution >= 4 is 28.9 Å². The number of halogens is 2. The lowest BCUT2D eigenvalue weighted by Gasteiger charge is -2.07. The van der Waals surface area contributed by atoms with Gasteiger partial charge >= 0.3 is 0 Å². The van der Waals surface area contributed by atoms with Gasteiger partial charge in [-0.3, -0.25) is 4.79 Å². The Balaban J connectivity index is 2.20. The Hall–Kier alpha value is -2.07. The number of carbonyl (C=O) groups is 1. The maximum Gasteiger partial charge on any atom is 0.255 e. The first-order valence-corrected chi connectivity index (χ1v) is 5.97. The normalized spacial score (nSPS) is 10.3. The minimum atomic E-state index is -0.570. The van der Waals surface area contributed by atoms with Gasteiger partial charge in [0, 0.05) is 16.3 Å². The highest BCUT2D eigenvalue weighted by Crippen LogP contribution is 2.19. The summed E-state index contributed by atoms with van der Waals surface area (Å²) in [6.07, 6.45) is 0. The van der Waals surface area contributed by atoms with Gasteiger partial charge in [0.2, 0.25) is 0 Å². The van der Waals surface area contributed by atoms with Crippen LogP contribution in [0.5, 0.6) is 0 Å². The predicted octanol–water partition coefficient (Wildman–Crippen LogP) is 3.62. The van der Waals surface area contributed by atoms with Gasteiger partial charge in [-0.2, -0.15) is 0 Å². The second-order valence-corrected chi connectivity index (χ2v) is 4.56. The molecule has 0 bridgehead atoms. The van der Waals surface area contributed by atoms with Gasteiger partial charge in [-0.1, -0.05) is 17.7 Å². The predicted molar refractivity (Wildman–Crippen MR) is 75.0 cm³/mol. The topological polar surface area (TPSA) is 55.1 Å². The molecule has 0 unspecified atom stereocenters. The molecular formula is C14H12ClFN2O. The average molecular weight is 279 g/mol. The molecule has 98 valence electrons. The standard InChI is InChI=1S/C14H12ClFN2O/c1-8-2-3-9(6-11(8)15)14(19)18-10-4-5-13(17)12(16)7-10/h2-7H,17H2,1H3,(H,18,19). The Bertz CT molecular complexity index is 643. The van der Waals surface area contributed by atoms with Crippen LogP contribution >= 0.6 is 11.6 Å². The van der Waals surface area contributed by atoms with E-state index in [0.29, 0.717) is 16.3 Å². The van der Waals surface area contributed by atoms with Crippen LogP contribution in [0.2, 0.25) is 5.02 Å². The Morgan fingerprint density at radius 3 is 2.63 bits per heavy atom. The molecule has 0 radical (unpaired) electrons. The molecule has 2 aromatic rings. The molecule has 0 atom stereocenters. The van der Waals surface area contributed by atoms with E-state index in [1.54, 1.807) is 18.2 Å². The van der Waals surface area contributed by atoms with Crippen molar-refractivity contribution in [3.63, 3.8) is 0 Å². The highest BCUT2D eigenvalue weighted by Gasteiger charge is 2.09. The van der Waals surface area contributed by atoms with Gasteiger partial charge in [-0.25, -0.2) is 4.39 Å². The fourth-order valence-corrected chi connectivity index (χ4v) is 1.72. The van der Waals surface area contributed by atoms with Gasteiger partial charge in [0.15, 0.2) is 0 Å². The van der Waals surface area contributed by atoms with E-state index in [2.05, 4.69) is 5.32 Å². The van der Waals surface area contributed by atoms with E-state index >= 15 is 0 Å². The molecule has 1 amide bonds. The SMILES string of the molecule is Cc1ccc(C(=O)Nc2ccc(N)c(F)c2)cc1Cl. The van der Waals surface area contributed by atoms with E-state index in [-0.39, 0.29) is 11.6 Å². The Labute approximate surface area is 115 Å². The van der Waals surface area contributed by atoms with E-state index in [4.69, 9.17) is 17.3 Å². The monoisotopic (exact) mass is 278 g/mol. The first-order chi connectivity index (χ1) is 8.97. The fourth-order valence-electron chi connectivity index (χ4n) is 1.54. The molecule has 19 heavy (non-hydrogen) atoms. The second kappa shape index (κ2) is 5.28. The smallest absolute Gasteiger partial charge is 0.255 e. The van der Waals surface area contributed by atoms with Crippen LogP contribution in [0.1, 0.15) is 15.9 Å². The van der Waals surface area contributed by atoms with Gasteiger partial charge in [-0.15, -0.1) is 0 Å². The minimum absolute atomic E-state index is 0.0383. The molecule has 0 fully saturated rings. The van der Waals surface area contributed by atoms with Crippen LogP contribution in [0.4, 0.5) is 15.8 Å². The largest absolute Gasteiger partial charge is 0.396 e. The highest BCUT2D eigenvalue weighted by molar-refractivity contribution is 6.31. The second-order valence-electron chi connectivity index (χ2n) is 4.15. The summed E-state index contributed by atoms with van der Waals surface area (Å²) < 4.78 is 13.3. The maximum absolute atomic E-state index is 13.3. The summed E-state index contributed by atoms with van der Waals surface area (Å²) in [5, 5.41) is 3.09. The average Bonchev–Trinajstić information content (AvgIpc) is 2.37. The van der Waals surface area contributed by atoms with Crippen molar-refractivity contribution in [2.45, 2.75) is 6.92 Å². The number of hydrogen-bond donors (Lipinski definition) is 2. The maximum atomic E-state index is 13.3. The lowest BCUT2D eigenvalue weighted by molar-refractivity contribution is 0.102. The summed E-state index contributed by atoms with van der Waals surface area (Å²) in [7, 11) is 0. The lowest BCUT2D eigenvalue weighted by atomic mass is 10.1. The molecule has 0 spiro atoms. The van der Waals surface area contributed by atoms with Gasteiger partial charge < -0.3 is 11.1 Å². The number of carbonyl (C=O) groups excluding carboxylic acids is 1. The van der Waals surface area contributed by atoms with Crippen LogP contribution in [0.3, 0.4) is 0 Å². The third-order valence-electron chi connectivity index (χ3n) is 2.69. The zero-order chi connectivity index (χ0) is 14.0. The molecule has 3 nitrogen and oxygen atoms in total. The zero-order valence-electron chi connectivity index (χ0n) is 10.2. The zero-order valence-corrected chi connectivity index (χ0v) is 11.0. The molecule has 0 saturated heterocycles. The number of rotatable bonds is 2. The van der Waals surface area contributed by atoms with Crippen molar-refractivity contribution < 1.29 is 9.18 Å². The van der Waals surface area contributed by atoms with E-state index < -0.39 is 5.82 Å². The molecule has 5 heteroatoms. The third kappa shape index (κ3) is 3.03. The van der Waals surface area contributed by atoms with Crippen LogP contribution in [0, 0.1) is 12.7 Å².